The molecule has 2 aromatic rings. The summed E-state index contributed by atoms with van der Waals surface area (Å²) in [6, 6.07) is 12.9. The monoisotopic (exact) mass is 345 g/mol. The summed E-state index contributed by atoms with van der Waals surface area (Å²) >= 11 is 5.79. The third-order valence-electron chi connectivity index (χ3n) is 3.44. The van der Waals surface area contributed by atoms with Crippen molar-refractivity contribution in [3.63, 3.8) is 0 Å². The van der Waals surface area contributed by atoms with E-state index < -0.39 is 0 Å². The number of anilines is 1. The highest BCUT2D eigenvalue weighted by molar-refractivity contribution is 6.30. The van der Waals surface area contributed by atoms with Crippen LogP contribution in [0.2, 0.25) is 5.02 Å². The van der Waals surface area contributed by atoms with Crippen LogP contribution in [0.25, 0.3) is 0 Å². The second kappa shape index (κ2) is 8.36. The van der Waals surface area contributed by atoms with E-state index in [1.807, 2.05) is 32.0 Å². The molecule has 2 amide bonds. The fraction of sp³-hybridized carbons (Fsp3) is 0.222. The SMILES string of the molecule is Cc1ccc(NCC(=O)NNC(=O)Cc2ccc(Cl)cc2)c(C)c1. The molecule has 5 nitrogen and oxygen atoms in total. The molecule has 24 heavy (non-hydrogen) atoms. The number of carbonyl (C=O) groups excluding carboxylic acids is 2. The first-order valence-corrected chi connectivity index (χ1v) is 7.95. The minimum atomic E-state index is -0.320. The summed E-state index contributed by atoms with van der Waals surface area (Å²) < 4.78 is 0. The molecule has 0 aliphatic carbocycles. The molecule has 0 saturated heterocycles. The molecule has 6 heteroatoms. The zero-order chi connectivity index (χ0) is 17.5. The van der Waals surface area contributed by atoms with Crippen LogP contribution >= 0.6 is 11.6 Å². The first-order chi connectivity index (χ1) is 11.4. The van der Waals surface area contributed by atoms with Gasteiger partial charge in [-0.1, -0.05) is 41.4 Å². The topological polar surface area (TPSA) is 70.2 Å². The average molecular weight is 346 g/mol. The predicted octanol–water partition coefficient (Wildman–Crippen LogP) is 2.76. The Labute approximate surface area is 146 Å². The Morgan fingerprint density at radius 3 is 2.29 bits per heavy atom. The van der Waals surface area contributed by atoms with Gasteiger partial charge in [0.25, 0.3) is 5.91 Å². The maximum absolute atomic E-state index is 11.8. The maximum atomic E-state index is 11.8. The lowest BCUT2D eigenvalue weighted by Crippen LogP contribution is -2.44. The zero-order valence-electron chi connectivity index (χ0n) is 13.7. The quantitative estimate of drug-likeness (QED) is 0.730. The minimum Gasteiger partial charge on any atom is -0.376 e. The van der Waals surface area contributed by atoms with Gasteiger partial charge in [0.2, 0.25) is 5.91 Å². The number of halogens is 1. The van der Waals surface area contributed by atoms with Gasteiger partial charge in [-0.2, -0.15) is 0 Å². The van der Waals surface area contributed by atoms with Gasteiger partial charge in [0.15, 0.2) is 0 Å². The Morgan fingerprint density at radius 1 is 0.958 bits per heavy atom. The minimum absolute atomic E-state index is 0.0745. The summed E-state index contributed by atoms with van der Waals surface area (Å²) in [7, 11) is 0. The largest absolute Gasteiger partial charge is 0.376 e. The molecule has 0 unspecified atom stereocenters. The van der Waals surface area contributed by atoms with Crippen LogP contribution in [0.1, 0.15) is 16.7 Å². The lowest BCUT2D eigenvalue weighted by atomic mass is 10.1. The van der Waals surface area contributed by atoms with Gasteiger partial charge in [-0.05, 0) is 43.2 Å². The Bertz CT molecular complexity index is 730. The predicted molar refractivity (Wildman–Crippen MR) is 95.8 cm³/mol. The molecule has 0 aliphatic rings. The molecule has 0 radical (unpaired) electrons. The first-order valence-electron chi connectivity index (χ1n) is 7.57. The van der Waals surface area contributed by atoms with Gasteiger partial charge in [-0.15, -0.1) is 0 Å². The number of rotatable bonds is 5. The number of aryl methyl sites for hydroxylation is 2. The van der Waals surface area contributed by atoms with E-state index in [0.717, 1.165) is 22.4 Å². The molecule has 0 aliphatic heterocycles. The van der Waals surface area contributed by atoms with E-state index in [9.17, 15) is 9.59 Å². The van der Waals surface area contributed by atoms with Gasteiger partial charge >= 0.3 is 0 Å². The number of hydrogen-bond acceptors (Lipinski definition) is 3. The van der Waals surface area contributed by atoms with Crippen LogP contribution in [-0.2, 0) is 16.0 Å². The van der Waals surface area contributed by atoms with Crippen molar-refractivity contribution in [1.82, 2.24) is 10.9 Å². The van der Waals surface area contributed by atoms with Crippen LogP contribution in [-0.4, -0.2) is 18.4 Å². The molecule has 0 heterocycles. The van der Waals surface area contributed by atoms with E-state index in [4.69, 9.17) is 11.6 Å². The maximum Gasteiger partial charge on any atom is 0.257 e. The molecule has 126 valence electrons. The van der Waals surface area contributed by atoms with Crippen LogP contribution in [0.15, 0.2) is 42.5 Å². The molecule has 3 N–H and O–H groups in total. The molecule has 0 spiro atoms. The van der Waals surface area contributed by atoms with Crippen molar-refractivity contribution in [2.75, 3.05) is 11.9 Å². The molecule has 0 saturated carbocycles. The number of amides is 2. The van der Waals surface area contributed by atoms with E-state index >= 15 is 0 Å². The van der Waals surface area contributed by atoms with Crippen molar-refractivity contribution < 1.29 is 9.59 Å². The molecule has 0 aromatic heterocycles. The average Bonchev–Trinajstić information content (AvgIpc) is 2.54. The summed E-state index contributed by atoms with van der Waals surface area (Å²) in [4.78, 5) is 23.6. The van der Waals surface area contributed by atoms with Gasteiger partial charge in [-0.25, -0.2) is 0 Å². The van der Waals surface area contributed by atoms with Crippen molar-refractivity contribution in [3.8, 4) is 0 Å². The van der Waals surface area contributed by atoms with Crippen LogP contribution in [0.4, 0.5) is 5.69 Å². The Hall–Kier alpha value is -2.53. The molecule has 2 aromatic carbocycles. The number of benzene rings is 2. The van der Waals surface area contributed by atoms with Gasteiger partial charge in [0.1, 0.15) is 0 Å². The Balaban J connectivity index is 1.74. The second-order valence-corrected chi connectivity index (χ2v) is 6.01. The third kappa shape index (κ3) is 5.59. The fourth-order valence-corrected chi connectivity index (χ4v) is 2.33. The standard InChI is InChI=1S/C18H20ClN3O2/c1-12-3-8-16(13(2)9-12)20-11-18(24)22-21-17(23)10-14-4-6-15(19)7-5-14/h3-9,20H,10-11H2,1-2H3,(H,21,23)(H,22,24). The van der Waals surface area contributed by atoms with Crippen molar-refractivity contribution >= 4 is 29.1 Å². The van der Waals surface area contributed by atoms with Crippen molar-refractivity contribution in [2.45, 2.75) is 20.3 Å². The van der Waals surface area contributed by atoms with Crippen molar-refractivity contribution in [2.24, 2.45) is 0 Å². The summed E-state index contributed by atoms with van der Waals surface area (Å²) in [5.41, 5.74) is 8.72. The van der Waals surface area contributed by atoms with E-state index in [1.165, 1.54) is 0 Å². The number of hydrazine groups is 1. The highest BCUT2D eigenvalue weighted by Crippen LogP contribution is 2.15. The highest BCUT2D eigenvalue weighted by atomic mass is 35.5. The van der Waals surface area contributed by atoms with Gasteiger partial charge in [-0.3, -0.25) is 20.4 Å². The lowest BCUT2D eigenvalue weighted by molar-refractivity contribution is -0.127. The van der Waals surface area contributed by atoms with Gasteiger partial charge in [0, 0.05) is 10.7 Å². The third-order valence-corrected chi connectivity index (χ3v) is 3.69. The van der Waals surface area contributed by atoms with E-state index in [-0.39, 0.29) is 24.8 Å². The van der Waals surface area contributed by atoms with Gasteiger partial charge in [0.05, 0.1) is 13.0 Å². The van der Waals surface area contributed by atoms with Gasteiger partial charge < -0.3 is 5.32 Å². The van der Waals surface area contributed by atoms with E-state index in [0.29, 0.717) is 5.02 Å². The number of nitrogens with one attached hydrogen (secondary N) is 3. The summed E-state index contributed by atoms with van der Waals surface area (Å²) in [5.74, 6) is -0.614. The number of carbonyl (C=O) groups is 2. The fourth-order valence-electron chi connectivity index (χ4n) is 2.20. The molecular weight excluding hydrogens is 326 g/mol. The van der Waals surface area contributed by atoms with E-state index in [2.05, 4.69) is 16.2 Å². The second-order valence-electron chi connectivity index (χ2n) is 5.57. The molecule has 2 rings (SSSR count). The van der Waals surface area contributed by atoms with Crippen LogP contribution in [0, 0.1) is 13.8 Å². The Morgan fingerprint density at radius 2 is 1.62 bits per heavy atom. The highest BCUT2D eigenvalue weighted by Gasteiger charge is 2.06. The summed E-state index contributed by atoms with van der Waals surface area (Å²) in [5, 5.41) is 3.66. The summed E-state index contributed by atoms with van der Waals surface area (Å²) in [6.45, 7) is 4.06. The van der Waals surface area contributed by atoms with Crippen LogP contribution in [0.5, 0.6) is 0 Å². The van der Waals surface area contributed by atoms with Crippen molar-refractivity contribution in [3.05, 3.63) is 64.2 Å². The normalized spacial score (nSPS) is 10.1. The molecular formula is C18H20ClN3O2. The molecule has 0 bridgehead atoms. The molecule has 0 fully saturated rings. The van der Waals surface area contributed by atoms with Crippen LogP contribution < -0.4 is 16.2 Å². The van der Waals surface area contributed by atoms with Crippen molar-refractivity contribution in [1.29, 1.82) is 0 Å². The summed E-state index contributed by atoms with van der Waals surface area (Å²) in [6.07, 6.45) is 0.169. The number of hydrogen-bond donors (Lipinski definition) is 3. The van der Waals surface area contributed by atoms with Crippen LogP contribution in [0.3, 0.4) is 0 Å². The molecule has 0 atom stereocenters. The first kappa shape index (κ1) is 17.8. The smallest absolute Gasteiger partial charge is 0.257 e. The van der Waals surface area contributed by atoms with E-state index in [1.54, 1.807) is 24.3 Å². The Kier molecular flexibility index (Phi) is 6.21. The lowest BCUT2D eigenvalue weighted by Gasteiger charge is -2.11. The zero-order valence-corrected chi connectivity index (χ0v) is 14.4.